The van der Waals surface area contributed by atoms with Crippen LogP contribution in [0.25, 0.3) is 0 Å². The van der Waals surface area contributed by atoms with Gasteiger partial charge in [0.25, 0.3) is 0 Å². The third kappa shape index (κ3) is 2.77. The van der Waals surface area contributed by atoms with Gasteiger partial charge in [0, 0.05) is 10.8 Å². The lowest BCUT2D eigenvalue weighted by Gasteiger charge is -2.17. The number of nitro groups is 1. The molecular weight excluding hydrogens is 182 g/mol. The topological polar surface area (TPSA) is 77.3 Å². The average molecular weight is 193 g/mol. The van der Waals surface area contributed by atoms with Crippen molar-refractivity contribution < 1.29 is 13.3 Å². The number of hydrogen-bond acceptors (Lipinski definition) is 4. The Balaban J connectivity index is 2.53. The molecule has 1 aliphatic rings. The Kier molecular flexibility index (Phi) is 2.66. The zero-order valence-electron chi connectivity index (χ0n) is 6.60. The van der Waals surface area contributed by atoms with E-state index in [1.807, 2.05) is 0 Å². The number of hydrogen-bond donors (Lipinski definition) is 0. The zero-order valence-corrected chi connectivity index (χ0v) is 7.42. The van der Waals surface area contributed by atoms with Gasteiger partial charge in [-0.1, -0.05) is 0 Å². The molecule has 0 spiro atoms. The van der Waals surface area contributed by atoms with Crippen molar-refractivity contribution >= 4 is 9.84 Å². The van der Waals surface area contributed by atoms with Gasteiger partial charge in [0.15, 0.2) is 9.84 Å². The van der Waals surface area contributed by atoms with Gasteiger partial charge >= 0.3 is 0 Å². The largest absolute Gasteiger partial charge is 0.265 e. The molecule has 0 radical (unpaired) electrons. The molecule has 1 rings (SSSR count). The van der Waals surface area contributed by atoms with Crippen LogP contribution in [-0.2, 0) is 9.84 Å². The van der Waals surface area contributed by atoms with Crippen molar-refractivity contribution in [2.45, 2.75) is 12.8 Å². The van der Waals surface area contributed by atoms with Crippen LogP contribution >= 0.6 is 0 Å². The molecule has 1 saturated heterocycles. The molecule has 1 fully saturated rings. The predicted octanol–water partition coefficient (Wildman–Crippen LogP) is 0.0879. The molecule has 0 aliphatic carbocycles. The van der Waals surface area contributed by atoms with Gasteiger partial charge in [0.05, 0.1) is 11.5 Å². The highest BCUT2D eigenvalue weighted by atomic mass is 32.2. The van der Waals surface area contributed by atoms with Crippen LogP contribution in [-0.4, -0.2) is 31.4 Å². The lowest BCUT2D eigenvalue weighted by Crippen LogP contribution is -2.29. The highest BCUT2D eigenvalue weighted by molar-refractivity contribution is 7.91. The molecule has 0 saturated carbocycles. The van der Waals surface area contributed by atoms with E-state index in [0.717, 1.165) is 0 Å². The summed E-state index contributed by atoms with van der Waals surface area (Å²) in [5.74, 6) is -0.0754. The second-order valence-corrected chi connectivity index (χ2v) is 5.37. The molecule has 5 nitrogen and oxygen atoms in total. The quantitative estimate of drug-likeness (QED) is 0.460. The maximum absolute atomic E-state index is 11.0. The van der Waals surface area contributed by atoms with E-state index in [-0.39, 0.29) is 24.0 Å². The van der Waals surface area contributed by atoms with Crippen molar-refractivity contribution in [3.05, 3.63) is 10.1 Å². The van der Waals surface area contributed by atoms with Gasteiger partial charge in [-0.25, -0.2) is 8.42 Å². The van der Waals surface area contributed by atoms with Crippen LogP contribution < -0.4 is 0 Å². The Bertz CT molecular complexity index is 271. The summed E-state index contributed by atoms with van der Waals surface area (Å²) in [6, 6.07) is 0. The lowest BCUT2D eigenvalue weighted by molar-refractivity contribution is -0.487. The van der Waals surface area contributed by atoms with Crippen LogP contribution in [0.2, 0.25) is 0 Å². The fourth-order valence-electron chi connectivity index (χ4n) is 1.47. The second-order valence-electron chi connectivity index (χ2n) is 3.14. The average Bonchev–Trinajstić information content (AvgIpc) is 1.82. The van der Waals surface area contributed by atoms with Crippen LogP contribution in [0.1, 0.15) is 12.8 Å². The van der Waals surface area contributed by atoms with E-state index in [1.165, 1.54) is 0 Å². The molecule has 1 heterocycles. The smallest absolute Gasteiger partial charge is 0.207 e. The molecule has 1 atom stereocenters. The van der Waals surface area contributed by atoms with Crippen LogP contribution in [0, 0.1) is 16.0 Å². The summed E-state index contributed by atoms with van der Waals surface area (Å²) in [6.07, 6.45) is 1.24. The molecule has 70 valence electrons. The van der Waals surface area contributed by atoms with E-state index >= 15 is 0 Å². The third-order valence-corrected chi connectivity index (χ3v) is 3.85. The first-order valence-corrected chi connectivity index (χ1v) is 5.64. The van der Waals surface area contributed by atoms with E-state index in [4.69, 9.17) is 0 Å². The molecule has 0 aromatic rings. The molecule has 0 aromatic heterocycles. The fraction of sp³-hybridized carbons (Fsp3) is 1.00. The summed E-state index contributed by atoms with van der Waals surface area (Å²) < 4.78 is 22.0. The molecule has 0 bridgehead atoms. The minimum absolute atomic E-state index is 0.00597. The van der Waals surface area contributed by atoms with Gasteiger partial charge in [-0.15, -0.1) is 0 Å². The van der Waals surface area contributed by atoms with Gasteiger partial charge in [0.1, 0.15) is 0 Å². The van der Waals surface area contributed by atoms with E-state index in [1.54, 1.807) is 0 Å². The van der Waals surface area contributed by atoms with Gasteiger partial charge in [-0.3, -0.25) is 10.1 Å². The summed E-state index contributed by atoms with van der Waals surface area (Å²) in [7, 11) is -2.98. The van der Waals surface area contributed by atoms with Crippen LogP contribution in [0.3, 0.4) is 0 Å². The van der Waals surface area contributed by atoms with Gasteiger partial charge in [-0.05, 0) is 12.8 Å². The fourth-order valence-corrected chi connectivity index (χ4v) is 3.24. The van der Waals surface area contributed by atoms with E-state index in [9.17, 15) is 18.5 Å². The lowest BCUT2D eigenvalue weighted by atomic mass is 10.1. The Labute approximate surface area is 70.8 Å². The maximum Gasteiger partial charge on any atom is 0.207 e. The summed E-state index contributed by atoms with van der Waals surface area (Å²) in [5.41, 5.74) is 0. The van der Waals surface area contributed by atoms with E-state index in [0.29, 0.717) is 12.8 Å². The molecule has 0 N–H and O–H groups in total. The summed E-state index contributed by atoms with van der Waals surface area (Å²) in [4.78, 5) is 9.65. The van der Waals surface area contributed by atoms with Crippen molar-refractivity contribution in [3.63, 3.8) is 0 Å². The number of sulfone groups is 1. The highest BCUT2D eigenvalue weighted by Crippen LogP contribution is 2.17. The Morgan fingerprint density at radius 3 is 2.67 bits per heavy atom. The Hall–Kier alpha value is -0.650. The van der Waals surface area contributed by atoms with E-state index in [2.05, 4.69) is 0 Å². The Morgan fingerprint density at radius 1 is 1.50 bits per heavy atom. The first kappa shape index (κ1) is 9.44. The monoisotopic (exact) mass is 193 g/mol. The molecule has 12 heavy (non-hydrogen) atoms. The van der Waals surface area contributed by atoms with Crippen molar-refractivity contribution in [2.75, 3.05) is 18.1 Å². The van der Waals surface area contributed by atoms with Gasteiger partial charge in [0.2, 0.25) is 6.54 Å². The minimum atomic E-state index is -2.98. The highest BCUT2D eigenvalue weighted by Gasteiger charge is 2.27. The summed E-state index contributed by atoms with van der Waals surface area (Å²) in [6.45, 7) is -0.209. The first-order chi connectivity index (χ1) is 5.49. The SMILES string of the molecule is O=[N+]([O-])CC1CCCS(=O)(=O)C1. The van der Waals surface area contributed by atoms with Crippen LogP contribution in [0.15, 0.2) is 0 Å². The number of rotatable bonds is 2. The normalized spacial score (nSPS) is 28.2. The van der Waals surface area contributed by atoms with Crippen molar-refractivity contribution in [1.29, 1.82) is 0 Å². The van der Waals surface area contributed by atoms with Crippen LogP contribution in [0.4, 0.5) is 0 Å². The van der Waals surface area contributed by atoms with Gasteiger partial charge in [-0.2, -0.15) is 0 Å². The maximum atomic E-state index is 11.0. The molecule has 6 heteroatoms. The van der Waals surface area contributed by atoms with Gasteiger partial charge < -0.3 is 0 Å². The molecule has 0 amide bonds. The molecular formula is C6H11NO4S. The second kappa shape index (κ2) is 3.38. The van der Waals surface area contributed by atoms with E-state index < -0.39 is 14.8 Å². The Morgan fingerprint density at radius 2 is 2.17 bits per heavy atom. The summed E-state index contributed by atoms with van der Waals surface area (Å²) in [5, 5.41) is 10.1. The van der Waals surface area contributed by atoms with Crippen molar-refractivity contribution in [1.82, 2.24) is 0 Å². The van der Waals surface area contributed by atoms with Crippen molar-refractivity contribution in [3.8, 4) is 0 Å². The van der Waals surface area contributed by atoms with Crippen molar-refractivity contribution in [2.24, 2.45) is 5.92 Å². The predicted molar refractivity (Wildman–Crippen MR) is 43.2 cm³/mol. The molecule has 1 unspecified atom stereocenters. The minimum Gasteiger partial charge on any atom is -0.265 e. The standard InChI is InChI=1S/C6H11NO4S/c8-7(9)4-6-2-1-3-12(10,11)5-6/h6H,1-5H2. The number of nitrogens with zero attached hydrogens (tertiary/aromatic N) is 1. The summed E-state index contributed by atoms with van der Waals surface area (Å²) >= 11 is 0. The third-order valence-electron chi connectivity index (χ3n) is 1.96. The zero-order chi connectivity index (χ0) is 9.19. The molecule has 0 aromatic carbocycles. The van der Waals surface area contributed by atoms with Crippen LogP contribution in [0.5, 0.6) is 0 Å². The first-order valence-electron chi connectivity index (χ1n) is 3.82. The molecule has 1 aliphatic heterocycles.